The molecule has 3 unspecified atom stereocenters. The van der Waals surface area contributed by atoms with E-state index in [4.69, 9.17) is 14.8 Å². The van der Waals surface area contributed by atoms with Crippen molar-refractivity contribution in [2.75, 3.05) is 19.8 Å². The highest BCUT2D eigenvalue weighted by molar-refractivity contribution is 7.47. The lowest BCUT2D eigenvalue weighted by molar-refractivity contribution is -0.123. The highest BCUT2D eigenvalue weighted by Crippen LogP contribution is 2.43. The summed E-state index contributed by atoms with van der Waals surface area (Å²) in [6, 6.07) is -0.776. The van der Waals surface area contributed by atoms with Gasteiger partial charge in [-0.2, -0.15) is 0 Å². The molecule has 42 heavy (non-hydrogen) atoms. The molecule has 0 rings (SSSR count). The minimum Gasteiger partial charge on any atom is -0.391 e. The molecule has 0 fully saturated rings. The first-order valence-corrected chi connectivity index (χ1v) is 18.4. The quantitative estimate of drug-likeness (QED) is 0.0350. The topological polar surface area (TPSA) is 131 Å². The van der Waals surface area contributed by atoms with Crippen molar-refractivity contribution >= 4 is 13.7 Å². The zero-order valence-corrected chi connectivity index (χ0v) is 27.9. The third-order valence-electron chi connectivity index (χ3n) is 7.31. The van der Waals surface area contributed by atoms with Gasteiger partial charge in [0.2, 0.25) is 5.91 Å². The van der Waals surface area contributed by atoms with Gasteiger partial charge >= 0.3 is 7.82 Å². The summed E-state index contributed by atoms with van der Waals surface area (Å²) in [6.45, 7) is 4.10. The van der Waals surface area contributed by atoms with Gasteiger partial charge in [-0.15, -0.1) is 0 Å². The minimum absolute atomic E-state index is 0.0861. The molecular weight excluding hydrogens is 551 g/mol. The van der Waals surface area contributed by atoms with Crippen LogP contribution in [0.4, 0.5) is 0 Å². The van der Waals surface area contributed by atoms with Crippen LogP contribution in [0.1, 0.15) is 149 Å². The lowest BCUT2D eigenvalue weighted by Gasteiger charge is -2.25. The first kappa shape index (κ1) is 41.0. The van der Waals surface area contributed by atoms with Crippen molar-refractivity contribution in [2.45, 2.75) is 161 Å². The molecule has 0 aromatic rings. The molecule has 9 heteroatoms. The molecule has 0 aromatic carbocycles. The largest absolute Gasteiger partial charge is 0.472 e. The van der Waals surface area contributed by atoms with Gasteiger partial charge in [-0.05, 0) is 38.5 Å². The summed E-state index contributed by atoms with van der Waals surface area (Å²) < 4.78 is 22.0. The molecule has 0 bridgehead atoms. The first-order chi connectivity index (χ1) is 20.4. The molecule has 1 amide bonds. The third kappa shape index (κ3) is 27.8. The number of carbonyl (C=O) groups excluding carboxylic acids is 1. The molecule has 8 nitrogen and oxygen atoms in total. The Kier molecular flexibility index (Phi) is 29.3. The van der Waals surface area contributed by atoms with Crippen molar-refractivity contribution in [1.29, 1.82) is 0 Å². The summed E-state index contributed by atoms with van der Waals surface area (Å²) in [5.41, 5.74) is 5.34. The highest BCUT2D eigenvalue weighted by Gasteiger charge is 2.27. The van der Waals surface area contributed by atoms with E-state index >= 15 is 0 Å². The van der Waals surface area contributed by atoms with E-state index in [1.54, 1.807) is 0 Å². The number of hydrogen-bond donors (Lipinski definition) is 4. The minimum atomic E-state index is -4.30. The summed E-state index contributed by atoms with van der Waals surface area (Å²) in [5, 5.41) is 13.6. The van der Waals surface area contributed by atoms with E-state index in [-0.39, 0.29) is 25.7 Å². The molecule has 0 heterocycles. The summed E-state index contributed by atoms with van der Waals surface area (Å²) in [5.74, 6) is -0.180. The smallest absolute Gasteiger partial charge is 0.391 e. The van der Waals surface area contributed by atoms with E-state index in [1.165, 1.54) is 57.8 Å². The lowest BCUT2D eigenvalue weighted by atomic mass is 10.0. The molecular formula is C33H65N2O6P. The van der Waals surface area contributed by atoms with Gasteiger partial charge < -0.3 is 21.1 Å². The van der Waals surface area contributed by atoms with Gasteiger partial charge in [-0.1, -0.05) is 128 Å². The fraction of sp³-hybridized carbons (Fsp3) is 0.848. The van der Waals surface area contributed by atoms with E-state index in [9.17, 15) is 19.4 Å². The van der Waals surface area contributed by atoms with Gasteiger partial charge in [-0.25, -0.2) is 4.57 Å². The number of unbranched alkanes of at least 4 members (excludes halogenated alkanes) is 15. The Balaban J connectivity index is 4.33. The SMILES string of the molecule is CCCC/C=C\C/C=C\CCCCCCCC(=O)NC(COP(=O)(O)OCCN)C(O)CCCCCCCCCCC. The van der Waals surface area contributed by atoms with Crippen LogP contribution in [0, 0.1) is 0 Å². The highest BCUT2D eigenvalue weighted by atomic mass is 31.2. The van der Waals surface area contributed by atoms with Crippen LogP contribution in [0.5, 0.6) is 0 Å². The fourth-order valence-electron chi connectivity index (χ4n) is 4.68. The Bertz CT molecular complexity index is 719. The van der Waals surface area contributed by atoms with E-state index < -0.39 is 20.0 Å². The standard InChI is InChI=1S/C33H65N2O6P/c1-3-5-7-9-11-13-14-15-16-17-19-21-23-25-27-33(37)35-31(30-41-42(38,39)40-29-28-34)32(36)26-24-22-20-18-12-10-8-6-4-2/h9,11,14-15,31-32,36H,3-8,10,12-13,16-30,34H2,1-2H3,(H,35,37)(H,38,39)/b11-9-,15-14-. The van der Waals surface area contributed by atoms with E-state index in [0.29, 0.717) is 12.8 Å². The van der Waals surface area contributed by atoms with Crippen LogP contribution >= 0.6 is 7.82 Å². The number of amides is 1. The number of hydrogen-bond acceptors (Lipinski definition) is 6. The molecule has 0 aliphatic heterocycles. The maximum absolute atomic E-state index is 12.6. The first-order valence-electron chi connectivity index (χ1n) is 17.0. The number of phosphoric acid groups is 1. The third-order valence-corrected chi connectivity index (χ3v) is 8.29. The average Bonchev–Trinajstić information content (AvgIpc) is 2.97. The number of aliphatic hydroxyl groups excluding tert-OH is 1. The Morgan fingerprint density at radius 2 is 1.33 bits per heavy atom. The number of nitrogens with two attached hydrogens (primary N) is 1. The van der Waals surface area contributed by atoms with E-state index in [1.807, 2.05) is 0 Å². The van der Waals surface area contributed by atoms with Crippen molar-refractivity contribution in [3.8, 4) is 0 Å². The van der Waals surface area contributed by atoms with Crippen molar-refractivity contribution < 1.29 is 28.4 Å². The summed E-state index contributed by atoms with van der Waals surface area (Å²) in [7, 11) is -4.30. The van der Waals surface area contributed by atoms with Crippen molar-refractivity contribution in [3.63, 3.8) is 0 Å². The van der Waals surface area contributed by atoms with Crippen LogP contribution < -0.4 is 11.1 Å². The molecule has 0 aromatic heterocycles. The number of rotatable bonds is 31. The number of phosphoric ester groups is 1. The van der Waals surface area contributed by atoms with E-state index in [0.717, 1.165) is 64.2 Å². The van der Waals surface area contributed by atoms with Gasteiger partial charge in [0.15, 0.2) is 0 Å². The van der Waals surface area contributed by atoms with Crippen LogP contribution in [0.2, 0.25) is 0 Å². The molecule has 0 aliphatic rings. The zero-order valence-electron chi connectivity index (χ0n) is 27.0. The molecule has 0 aliphatic carbocycles. The van der Waals surface area contributed by atoms with Gasteiger partial charge in [0.1, 0.15) is 0 Å². The molecule has 0 spiro atoms. The Labute approximate surface area is 257 Å². The van der Waals surface area contributed by atoms with Crippen molar-refractivity contribution in [3.05, 3.63) is 24.3 Å². The second-order valence-electron chi connectivity index (χ2n) is 11.4. The number of aliphatic hydroxyl groups is 1. The second-order valence-corrected chi connectivity index (χ2v) is 12.8. The Hall–Kier alpha value is -1.02. The number of carbonyl (C=O) groups is 1. The summed E-state index contributed by atoms with van der Waals surface area (Å²) in [4.78, 5) is 22.5. The van der Waals surface area contributed by atoms with E-state index in [2.05, 4.69) is 43.5 Å². The van der Waals surface area contributed by atoms with Crippen molar-refractivity contribution in [1.82, 2.24) is 5.32 Å². The van der Waals surface area contributed by atoms with Crippen LogP contribution in [0.25, 0.3) is 0 Å². The number of allylic oxidation sites excluding steroid dienone is 4. The van der Waals surface area contributed by atoms with Crippen LogP contribution in [0.15, 0.2) is 24.3 Å². The maximum atomic E-state index is 12.6. The predicted octanol–water partition coefficient (Wildman–Crippen LogP) is 8.27. The molecule has 248 valence electrons. The summed E-state index contributed by atoms with van der Waals surface area (Å²) in [6.07, 6.45) is 30.4. The second kappa shape index (κ2) is 30.0. The van der Waals surface area contributed by atoms with Crippen LogP contribution in [-0.4, -0.2) is 47.8 Å². The molecule has 0 radical (unpaired) electrons. The van der Waals surface area contributed by atoms with Crippen LogP contribution in [0.3, 0.4) is 0 Å². The van der Waals surface area contributed by atoms with Gasteiger partial charge in [0.05, 0.1) is 25.4 Å². The molecule has 0 saturated heterocycles. The fourth-order valence-corrected chi connectivity index (χ4v) is 5.44. The normalized spacial score (nSPS) is 14.9. The van der Waals surface area contributed by atoms with Crippen molar-refractivity contribution in [2.24, 2.45) is 5.73 Å². The monoisotopic (exact) mass is 616 g/mol. The molecule has 0 saturated carbocycles. The molecule has 5 N–H and O–H groups in total. The predicted molar refractivity (Wildman–Crippen MR) is 175 cm³/mol. The Morgan fingerprint density at radius 3 is 1.95 bits per heavy atom. The lowest BCUT2D eigenvalue weighted by Crippen LogP contribution is -2.46. The Morgan fingerprint density at radius 1 is 0.786 bits per heavy atom. The van der Waals surface area contributed by atoms with Gasteiger partial charge in [-0.3, -0.25) is 13.8 Å². The zero-order chi connectivity index (χ0) is 31.2. The number of nitrogens with one attached hydrogen (secondary N) is 1. The van der Waals surface area contributed by atoms with Gasteiger partial charge in [0.25, 0.3) is 0 Å². The van der Waals surface area contributed by atoms with Crippen LogP contribution in [-0.2, 0) is 18.4 Å². The molecule has 3 atom stereocenters. The maximum Gasteiger partial charge on any atom is 0.472 e. The summed E-state index contributed by atoms with van der Waals surface area (Å²) >= 11 is 0. The van der Waals surface area contributed by atoms with Gasteiger partial charge in [0, 0.05) is 13.0 Å². The average molecular weight is 617 g/mol.